The highest BCUT2D eigenvalue weighted by Crippen LogP contribution is 2.35. The summed E-state index contributed by atoms with van der Waals surface area (Å²) >= 11 is 3.36. The van der Waals surface area contributed by atoms with Crippen LogP contribution in [0.5, 0.6) is 0 Å². The molecular formula is C14H12BrNO2. The van der Waals surface area contributed by atoms with Gasteiger partial charge in [0.25, 0.3) is 5.69 Å². The third-order valence-electron chi connectivity index (χ3n) is 2.90. The van der Waals surface area contributed by atoms with Crippen LogP contribution >= 0.6 is 15.9 Å². The van der Waals surface area contributed by atoms with E-state index < -0.39 is 0 Å². The molecule has 0 aromatic heterocycles. The van der Waals surface area contributed by atoms with E-state index >= 15 is 0 Å². The highest BCUT2D eigenvalue weighted by atomic mass is 79.9. The lowest BCUT2D eigenvalue weighted by atomic mass is 9.96. The monoisotopic (exact) mass is 305 g/mol. The van der Waals surface area contributed by atoms with Crippen molar-refractivity contribution in [1.29, 1.82) is 0 Å². The first-order valence-electron chi connectivity index (χ1n) is 5.51. The number of benzene rings is 2. The van der Waals surface area contributed by atoms with Crippen LogP contribution in [0.25, 0.3) is 11.1 Å². The van der Waals surface area contributed by atoms with Crippen molar-refractivity contribution in [1.82, 2.24) is 0 Å². The smallest absolute Gasteiger partial charge is 0.258 e. The standard InChI is InChI=1S/C14H12BrNO2/c1-9-3-4-10(2)14(16(17)18)13(9)11-5-7-12(15)8-6-11/h3-8H,1-2H3. The van der Waals surface area contributed by atoms with Crippen LogP contribution in [0.3, 0.4) is 0 Å². The van der Waals surface area contributed by atoms with E-state index in [0.717, 1.165) is 15.6 Å². The minimum absolute atomic E-state index is 0.192. The molecule has 0 heterocycles. The Hall–Kier alpha value is -1.68. The van der Waals surface area contributed by atoms with Gasteiger partial charge in [-0.05, 0) is 37.1 Å². The van der Waals surface area contributed by atoms with Crippen molar-refractivity contribution in [3.05, 3.63) is 62.1 Å². The van der Waals surface area contributed by atoms with Crippen molar-refractivity contribution in [3.63, 3.8) is 0 Å². The Balaban J connectivity index is 2.73. The maximum absolute atomic E-state index is 11.2. The SMILES string of the molecule is Cc1ccc(C)c([N+](=O)[O-])c1-c1ccc(Br)cc1. The second kappa shape index (κ2) is 4.90. The summed E-state index contributed by atoms with van der Waals surface area (Å²) in [6.45, 7) is 3.66. The first kappa shape index (κ1) is 12.8. The topological polar surface area (TPSA) is 43.1 Å². The van der Waals surface area contributed by atoms with E-state index in [1.165, 1.54) is 0 Å². The molecule has 0 fully saturated rings. The van der Waals surface area contributed by atoms with Gasteiger partial charge in [-0.25, -0.2) is 0 Å². The second-order valence-electron chi connectivity index (χ2n) is 4.19. The normalized spacial score (nSPS) is 10.4. The molecule has 0 bridgehead atoms. The van der Waals surface area contributed by atoms with Crippen molar-refractivity contribution >= 4 is 21.6 Å². The van der Waals surface area contributed by atoms with E-state index in [9.17, 15) is 10.1 Å². The van der Waals surface area contributed by atoms with Gasteiger partial charge in [0.15, 0.2) is 0 Å². The van der Waals surface area contributed by atoms with Crippen molar-refractivity contribution in [2.75, 3.05) is 0 Å². The van der Waals surface area contributed by atoms with Crippen LogP contribution in [0.1, 0.15) is 11.1 Å². The highest BCUT2D eigenvalue weighted by Gasteiger charge is 2.20. The molecule has 2 rings (SSSR count). The van der Waals surface area contributed by atoms with E-state index in [1.807, 2.05) is 37.3 Å². The van der Waals surface area contributed by atoms with Crippen LogP contribution in [0, 0.1) is 24.0 Å². The number of halogens is 1. The molecule has 92 valence electrons. The maximum Gasteiger partial charge on any atom is 0.280 e. The summed E-state index contributed by atoms with van der Waals surface area (Å²) in [5, 5.41) is 11.2. The molecular weight excluding hydrogens is 294 g/mol. The fraction of sp³-hybridized carbons (Fsp3) is 0.143. The van der Waals surface area contributed by atoms with Crippen LogP contribution in [0.15, 0.2) is 40.9 Å². The molecule has 0 saturated carbocycles. The molecule has 0 amide bonds. The molecule has 0 unspecified atom stereocenters. The van der Waals surface area contributed by atoms with Gasteiger partial charge in [0, 0.05) is 10.0 Å². The zero-order valence-electron chi connectivity index (χ0n) is 10.1. The molecule has 0 aliphatic carbocycles. The Labute approximate surface area is 114 Å². The van der Waals surface area contributed by atoms with Crippen molar-refractivity contribution in [2.45, 2.75) is 13.8 Å². The molecule has 0 aliphatic heterocycles. The van der Waals surface area contributed by atoms with Gasteiger partial charge in [-0.1, -0.05) is 40.2 Å². The fourth-order valence-electron chi connectivity index (χ4n) is 2.01. The lowest BCUT2D eigenvalue weighted by Crippen LogP contribution is -1.97. The van der Waals surface area contributed by atoms with Gasteiger partial charge in [-0.15, -0.1) is 0 Å². The maximum atomic E-state index is 11.2. The van der Waals surface area contributed by atoms with Crippen LogP contribution in [-0.2, 0) is 0 Å². The Morgan fingerprint density at radius 2 is 1.56 bits per heavy atom. The van der Waals surface area contributed by atoms with Crippen molar-refractivity contribution < 1.29 is 4.92 Å². The number of hydrogen-bond donors (Lipinski definition) is 0. The summed E-state index contributed by atoms with van der Waals surface area (Å²) in [6.07, 6.45) is 0. The molecule has 0 aliphatic rings. The Morgan fingerprint density at radius 3 is 2.11 bits per heavy atom. The lowest BCUT2D eigenvalue weighted by Gasteiger charge is -2.09. The Bertz CT molecular complexity index is 606. The van der Waals surface area contributed by atoms with Gasteiger partial charge >= 0.3 is 0 Å². The number of nitro groups is 1. The summed E-state index contributed by atoms with van der Waals surface area (Å²) < 4.78 is 0.958. The van der Waals surface area contributed by atoms with Gasteiger partial charge in [-0.2, -0.15) is 0 Å². The summed E-state index contributed by atoms with van der Waals surface area (Å²) in [5.74, 6) is 0. The van der Waals surface area contributed by atoms with E-state index in [2.05, 4.69) is 15.9 Å². The average molecular weight is 306 g/mol. The summed E-state index contributed by atoms with van der Waals surface area (Å²) in [5.41, 5.74) is 3.36. The predicted octanol–water partition coefficient (Wildman–Crippen LogP) is 4.64. The molecule has 3 nitrogen and oxygen atoms in total. The number of hydrogen-bond acceptors (Lipinski definition) is 2. The number of rotatable bonds is 2. The van der Waals surface area contributed by atoms with Crippen molar-refractivity contribution in [3.8, 4) is 11.1 Å². The Kier molecular flexibility index (Phi) is 3.48. The number of aryl methyl sites for hydroxylation is 2. The largest absolute Gasteiger partial charge is 0.280 e. The summed E-state index contributed by atoms with van der Waals surface area (Å²) in [6, 6.07) is 11.3. The van der Waals surface area contributed by atoms with Crippen LogP contribution in [0.4, 0.5) is 5.69 Å². The first-order chi connectivity index (χ1) is 8.50. The minimum atomic E-state index is -0.306. The Morgan fingerprint density at radius 1 is 1.00 bits per heavy atom. The molecule has 4 heteroatoms. The minimum Gasteiger partial charge on any atom is -0.258 e. The molecule has 0 radical (unpaired) electrons. The molecule has 0 atom stereocenters. The van der Waals surface area contributed by atoms with Crippen LogP contribution in [-0.4, -0.2) is 4.92 Å². The zero-order chi connectivity index (χ0) is 13.3. The van der Waals surface area contributed by atoms with Crippen LogP contribution in [0.2, 0.25) is 0 Å². The van der Waals surface area contributed by atoms with E-state index in [-0.39, 0.29) is 10.6 Å². The molecule has 0 N–H and O–H groups in total. The predicted molar refractivity (Wildman–Crippen MR) is 75.7 cm³/mol. The van der Waals surface area contributed by atoms with E-state index in [1.54, 1.807) is 13.0 Å². The van der Waals surface area contributed by atoms with Gasteiger partial charge in [0.1, 0.15) is 0 Å². The third-order valence-corrected chi connectivity index (χ3v) is 3.43. The molecule has 0 saturated heterocycles. The molecule has 18 heavy (non-hydrogen) atoms. The van der Waals surface area contributed by atoms with Crippen LogP contribution < -0.4 is 0 Å². The quantitative estimate of drug-likeness (QED) is 0.599. The van der Waals surface area contributed by atoms with E-state index in [4.69, 9.17) is 0 Å². The number of nitro benzene ring substituents is 1. The van der Waals surface area contributed by atoms with E-state index in [0.29, 0.717) is 11.1 Å². The second-order valence-corrected chi connectivity index (χ2v) is 5.10. The van der Waals surface area contributed by atoms with Gasteiger partial charge in [-0.3, -0.25) is 10.1 Å². The van der Waals surface area contributed by atoms with Crippen molar-refractivity contribution in [2.24, 2.45) is 0 Å². The lowest BCUT2D eigenvalue weighted by molar-refractivity contribution is -0.384. The fourth-order valence-corrected chi connectivity index (χ4v) is 2.28. The zero-order valence-corrected chi connectivity index (χ0v) is 11.7. The van der Waals surface area contributed by atoms with Gasteiger partial charge in [0.05, 0.1) is 10.5 Å². The third kappa shape index (κ3) is 2.29. The highest BCUT2D eigenvalue weighted by molar-refractivity contribution is 9.10. The molecule has 0 spiro atoms. The molecule has 2 aromatic carbocycles. The van der Waals surface area contributed by atoms with Gasteiger partial charge in [0.2, 0.25) is 0 Å². The average Bonchev–Trinajstić information content (AvgIpc) is 2.32. The van der Waals surface area contributed by atoms with Gasteiger partial charge < -0.3 is 0 Å². The summed E-state index contributed by atoms with van der Waals surface area (Å²) in [4.78, 5) is 10.9. The number of nitrogens with zero attached hydrogens (tertiary/aromatic N) is 1. The summed E-state index contributed by atoms with van der Waals surface area (Å²) in [7, 11) is 0. The first-order valence-corrected chi connectivity index (χ1v) is 6.30. The molecule has 2 aromatic rings.